The van der Waals surface area contributed by atoms with Crippen molar-refractivity contribution in [1.29, 1.82) is 0 Å². The van der Waals surface area contributed by atoms with Gasteiger partial charge in [-0.3, -0.25) is 4.68 Å². The second kappa shape index (κ2) is 7.30. The molecular formula is C15H28ClN3. The second-order valence-corrected chi connectivity index (χ2v) is 6.28. The third kappa shape index (κ3) is 4.50. The predicted molar refractivity (Wildman–Crippen MR) is 82.8 cm³/mol. The van der Waals surface area contributed by atoms with Crippen LogP contribution in [0.1, 0.15) is 46.0 Å². The van der Waals surface area contributed by atoms with Gasteiger partial charge in [0.1, 0.15) is 0 Å². The molecule has 2 atom stereocenters. The van der Waals surface area contributed by atoms with E-state index in [1.807, 2.05) is 11.7 Å². The summed E-state index contributed by atoms with van der Waals surface area (Å²) < 4.78 is 1.94. The highest BCUT2D eigenvalue weighted by Crippen LogP contribution is 2.25. The van der Waals surface area contributed by atoms with Crippen molar-refractivity contribution >= 4 is 11.6 Å². The summed E-state index contributed by atoms with van der Waals surface area (Å²) in [5, 5.41) is 8.85. The lowest BCUT2D eigenvalue weighted by Crippen LogP contribution is -2.31. The largest absolute Gasteiger partial charge is 0.314 e. The fourth-order valence-corrected chi connectivity index (χ4v) is 2.54. The number of hydrogen-bond acceptors (Lipinski definition) is 2. The van der Waals surface area contributed by atoms with E-state index < -0.39 is 0 Å². The third-order valence-corrected chi connectivity index (χ3v) is 4.27. The molecule has 0 aliphatic rings. The number of nitrogens with one attached hydrogen (secondary N) is 1. The van der Waals surface area contributed by atoms with Gasteiger partial charge in [0.2, 0.25) is 0 Å². The molecule has 2 unspecified atom stereocenters. The first-order valence-electron chi connectivity index (χ1n) is 7.30. The van der Waals surface area contributed by atoms with Crippen LogP contribution in [0.3, 0.4) is 0 Å². The summed E-state index contributed by atoms with van der Waals surface area (Å²) in [4.78, 5) is 0. The number of aryl methyl sites for hydroxylation is 2. The first-order chi connectivity index (χ1) is 8.86. The molecule has 19 heavy (non-hydrogen) atoms. The molecule has 0 fully saturated rings. The lowest BCUT2D eigenvalue weighted by molar-refractivity contribution is 0.349. The Labute approximate surface area is 122 Å². The van der Waals surface area contributed by atoms with Gasteiger partial charge in [0, 0.05) is 13.1 Å². The fourth-order valence-electron chi connectivity index (χ4n) is 2.17. The van der Waals surface area contributed by atoms with Gasteiger partial charge < -0.3 is 5.32 Å². The zero-order valence-electron chi connectivity index (χ0n) is 13.1. The summed E-state index contributed by atoms with van der Waals surface area (Å²) >= 11 is 6.41. The molecule has 0 saturated heterocycles. The Morgan fingerprint density at radius 1 is 1.21 bits per heavy atom. The van der Waals surface area contributed by atoms with Gasteiger partial charge in [0.15, 0.2) is 0 Å². The molecule has 3 nitrogen and oxygen atoms in total. The van der Waals surface area contributed by atoms with Crippen LogP contribution < -0.4 is 5.32 Å². The highest BCUT2D eigenvalue weighted by molar-refractivity contribution is 6.31. The van der Waals surface area contributed by atoms with Gasteiger partial charge >= 0.3 is 0 Å². The molecule has 0 amide bonds. The quantitative estimate of drug-likeness (QED) is 0.832. The predicted octanol–water partition coefficient (Wildman–Crippen LogP) is 3.45. The van der Waals surface area contributed by atoms with E-state index >= 15 is 0 Å². The molecule has 1 aromatic rings. The van der Waals surface area contributed by atoms with Gasteiger partial charge in [-0.05, 0) is 31.2 Å². The van der Waals surface area contributed by atoms with Crippen LogP contribution in [-0.4, -0.2) is 22.4 Å². The molecule has 1 aromatic heterocycles. The normalized spacial score (nSPS) is 14.9. The van der Waals surface area contributed by atoms with E-state index in [2.05, 4.69) is 45.0 Å². The average molecular weight is 286 g/mol. The van der Waals surface area contributed by atoms with E-state index in [9.17, 15) is 0 Å². The van der Waals surface area contributed by atoms with E-state index in [0.29, 0.717) is 17.9 Å². The molecule has 0 aliphatic heterocycles. The first kappa shape index (κ1) is 16.5. The van der Waals surface area contributed by atoms with E-state index in [1.54, 1.807) is 0 Å². The van der Waals surface area contributed by atoms with Crippen LogP contribution in [0.25, 0.3) is 0 Å². The highest BCUT2D eigenvalue weighted by atomic mass is 35.5. The molecule has 0 aliphatic carbocycles. The van der Waals surface area contributed by atoms with Crippen LogP contribution in [-0.2, 0) is 19.9 Å². The Morgan fingerprint density at radius 3 is 2.32 bits per heavy atom. The molecule has 0 saturated carbocycles. The van der Waals surface area contributed by atoms with Crippen molar-refractivity contribution in [1.82, 2.24) is 15.1 Å². The van der Waals surface area contributed by atoms with Crippen LogP contribution in [0.4, 0.5) is 0 Å². The third-order valence-electron chi connectivity index (χ3n) is 3.84. The number of halogens is 1. The highest BCUT2D eigenvalue weighted by Gasteiger charge is 2.19. The Kier molecular flexibility index (Phi) is 6.34. The Balaban J connectivity index is 2.66. The summed E-state index contributed by atoms with van der Waals surface area (Å²) in [6.07, 6.45) is 1.88. The molecule has 1 heterocycles. The van der Waals surface area contributed by atoms with Crippen molar-refractivity contribution in [3.8, 4) is 0 Å². The smallest absolute Gasteiger partial charge is 0.0849 e. The summed E-state index contributed by atoms with van der Waals surface area (Å²) in [7, 11) is 1.99. The van der Waals surface area contributed by atoms with Gasteiger partial charge in [-0.1, -0.05) is 46.2 Å². The second-order valence-electron chi connectivity index (χ2n) is 5.91. The molecule has 0 spiro atoms. The SMILES string of the molecule is CCc1nn(C)c(CC(C)C(C)CNC(C)C)c1Cl. The van der Waals surface area contributed by atoms with Crippen LogP contribution in [0.15, 0.2) is 0 Å². The number of hydrogen-bond donors (Lipinski definition) is 1. The van der Waals surface area contributed by atoms with Crippen LogP contribution in [0, 0.1) is 11.8 Å². The van der Waals surface area contributed by atoms with Gasteiger partial charge in [0.05, 0.1) is 16.4 Å². The van der Waals surface area contributed by atoms with Crippen molar-refractivity contribution in [2.24, 2.45) is 18.9 Å². The van der Waals surface area contributed by atoms with Crippen molar-refractivity contribution in [2.45, 2.75) is 53.5 Å². The molecule has 4 heteroatoms. The zero-order valence-corrected chi connectivity index (χ0v) is 13.9. The van der Waals surface area contributed by atoms with Crippen molar-refractivity contribution in [2.75, 3.05) is 6.54 Å². The summed E-state index contributed by atoms with van der Waals surface area (Å²) in [5.41, 5.74) is 2.18. The van der Waals surface area contributed by atoms with Gasteiger partial charge in [0.25, 0.3) is 0 Å². The minimum atomic E-state index is 0.543. The zero-order chi connectivity index (χ0) is 14.6. The molecule has 1 rings (SSSR count). The summed E-state index contributed by atoms with van der Waals surface area (Å²) in [6, 6.07) is 0.543. The average Bonchev–Trinajstić information content (AvgIpc) is 2.62. The first-order valence-corrected chi connectivity index (χ1v) is 7.68. The fraction of sp³-hybridized carbons (Fsp3) is 0.800. The molecule has 0 bridgehead atoms. The van der Waals surface area contributed by atoms with Crippen molar-refractivity contribution < 1.29 is 0 Å². The van der Waals surface area contributed by atoms with Gasteiger partial charge in [-0.15, -0.1) is 0 Å². The van der Waals surface area contributed by atoms with Crippen molar-refractivity contribution in [3.63, 3.8) is 0 Å². The molecule has 0 aromatic carbocycles. The Bertz CT molecular complexity index is 398. The van der Waals surface area contributed by atoms with Crippen LogP contribution in [0.2, 0.25) is 5.02 Å². The summed E-state index contributed by atoms with van der Waals surface area (Å²) in [6.45, 7) is 12.1. The molecule has 110 valence electrons. The minimum absolute atomic E-state index is 0.543. The standard InChI is InChI=1S/C15H28ClN3/c1-7-13-15(16)14(19(6)18-13)8-11(4)12(5)9-17-10(2)3/h10-12,17H,7-9H2,1-6H3. The van der Waals surface area contributed by atoms with Gasteiger partial charge in [-0.25, -0.2) is 0 Å². The van der Waals surface area contributed by atoms with Crippen LogP contribution in [0.5, 0.6) is 0 Å². The van der Waals surface area contributed by atoms with Crippen molar-refractivity contribution in [3.05, 3.63) is 16.4 Å². The lowest BCUT2D eigenvalue weighted by atomic mass is 9.91. The molecule has 1 N–H and O–H groups in total. The van der Waals surface area contributed by atoms with Crippen LogP contribution >= 0.6 is 11.6 Å². The van der Waals surface area contributed by atoms with E-state index in [4.69, 9.17) is 11.6 Å². The Hall–Kier alpha value is -0.540. The lowest BCUT2D eigenvalue weighted by Gasteiger charge is -2.22. The number of aromatic nitrogens is 2. The van der Waals surface area contributed by atoms with Gasteiger partial charge in [-0.2, -0.15) is 5.10 Å². The maximum Gasteiger partial charge on any atom is 0.0849 e. The topological polar surface area (TPSA) is 29.9 Å². The van der Waals surface area contributed by atoms with E-state index in [1.165, 1.54) is 5.69 Å². The Morgan fingerprint density at radius 2 is 1.84 bits per heavy atom. The maximum absolute atomic E-state index is 6.41. The molecule has 0 radical (unpaired) electrons. The molecular weight excluding hydrogens is 258 g/mol. The van der Waals surface area contributed by atoms with E-state index in [-0.39, 0.29) is 0 Å². The monoisotopic (exact) mass is 285 g/mol. The van der Waals surface area contributed by atoms with E-state index in [0.717, 1.165) is 30.1 Å². The number of rotatable bonds is 7. The minimum Gasteiger partial charge on any atom is -0.314 e. The number of nitrogens with zero attached hydrogens (tertiary/aromatic N) is 2. The maximum atomic E-state index is 6.41. The summed E-state index contributed by atoms with van der Waals surface area (Å²) in [5.74, 6) is 1.21.